The molecule has 0 aliphatic carbocycles. The zero-order valence-corrected chi connectivity index (χ0v) is 14.6. The number of amides is 1. The van der Waals surface area contributed by atoms with E-state index in [1.54, 1.807) is 6.07 Å². The number of carbonyl (C=O) groups excluding carboxylic acids is 1. The number of para-hydroxylation sites is 1. The summed E-state index contributed by atoms with van der Waals surface area (Å²) in [6.45, 7) is 2.77. The van der Waals surface area contributed by atoms with Crippen molar-refractivity contribution in [3.63, 3.8) is 0 Å². The van der Waals surface area contributed by atoms with Crippen LogP contribution in [-0.4, -0.2) is 11.9 Å². The molecule has 1 atom stereocenters. The number of rotatable bonds is 8. The van der Waals surface area contributed by atoms with E-state index in [1.165, 1.54) is 0 Å². The highest BCUT2D eigenvalue weighted by molar-refractivity contribution is 6.32. The molecule has 24 heavy (non-hydrogen) atoms. The van der Waals surface area contributed by atoms with Gasteiger partial charge in [-0.05, 0) is 36.6 Å². The first-order chi connectivity index (χ1) is 11.6. The van der Waals surface area contributed by atoms with Crippen molar-refractivity contribution >= 4 is 17.5 Å². The monoisotopic (exact) mass is 346 g/mol. The normalized spacial score (nSPS) is 11.8. The van der Waals surface area contributed by atoms with Crippen LogP contribution in [0.25, 0.3) is 0 Å². The molecule has 1 amide bonds. The van der Waals surface area contributed by atoms with Gasteiger partial charge < -0.3 is 15.8 Å². The SMILES string of the molecule is CC(N)CCC(=O)NCc1ccccc1COc1ccccc1Cl. The van der Waals surface area contributed by atoms with Crippen LogP contribution in [0.4, 0.5) is 0 Å². The lowest BCUT2D eigenvalue weighted by Crippen LogP contribution is -2.26. The van der Waals surface area contributed by atoms with Crippen LogP contribution >= 0.6 is 11.6 Å². The van der Waals surface area contributed by atoms with Gasteiger partial charge in [0.2, 0.25) is 5.91 Å². The van der Waals surface area contributed by atoms with Gasteiger partial charge in [-0.15, -0.1) is 0 Å². The second kappa shape index (κ2) is 9.30. The first-order valence-electron chi connectivity index (χ1n) is 8.02. The number of nitrogens with one attached hydrogen (secondary N) is 1. The molecule has 2 aromatic carbocycles. The molecular formula is C19H23ClN2O2. The van der Waals surface area contributed by atoms with Crippen LogP contribution in [0.15, 0.2) is 48.5 Å². The highest BCUT2D eigenvalue weighted by atomic mass is 35.5. The van der Waals surface area contributed by atoms with Crippen molar-refractivity contribution in [1.82, 2.24) is 5.32 Å². The number of ether oxygens (including phenoxy) is 1. The van der Waals surface area contributed by atoms with Crippen LogP contribution in [0, 0.1) is 0 Å². The zero-order valence-electron chi connectivity index (χ0n) is 13.8. The van der Waals surface area contributed by atoms with Crippen molar-refractivity contribution in [3.8, 4) is 5.75 Å². The van der Waals surface area contributed by atoms with Crippen LogP contribution < -0.4 is 15.8 Å². The van der Waals surface area contributed by atoms with Crippen molar-refractivity contribution < 1.29 is 9.53 Å². The molecule has 0 aromatic heterocycles. The molecule has 0 saturated carbocycles. The second-order valence-corrected chi connectivity index (χ2v) is 6.19. The largest absolute Gasteiger partial charge is 0.487 e. The van der Waals surface area contributed by atoms with Crippen LogP contribution in [0.2, 0.25) is 5.02 Å². The number of halogens is 1. The van der Waals surface area contributed by atoms with Crippen molar-refractivity contribution in [3.05, 3.63) is 64.7 Å². The van der Waals surface area contributed by atoms with Crippen molar-refractivity contribution in [1.29, 1.82) is 0 Å². The van der Waals surface area contributed by atoms with Crippen molar-refractivity contribution in [2.75, 3.05) is 0 Å². The molecule has 0 aliphatic heterocycles. The fourth-order valence-electron chi connectivity index (χ4n) is 2.23. The highest BCUT2D eigenvalue weighted by Crippen LogP contribution is 2.24. The smallest absolute Gasteiger partial charge is 0.220 e. The third kappa shape index (κ3) is 5.87. The lowest BCUT2D eigenvalue weighted by molar-refractivity contribution is -0.121. The Labute approximate surface area is 148 Å². The topological polar surface area (TPSA) is 64.4 Å². The minimum absolute atomic E-state index is 0.00845. The molecule has 4 nitrogen and oxygen atoms in total. The number of carbonyl (C=O) groups is 1. The van der Waals surface area contributed by atoms with E-state index in [1.807, 2.05) is 49.4 Å². The Balaban J connectivity index is 1.92. The van der Waals surface area contributed by atoms with Gasteiger partial charge >= 0.3 is 0 Å². The predicted molar refractivity (Wildman–Crippen MR) is 97.0 cm³/mol. The van der Waals surface area contributed by atoms with Gasteiger partial charge in [0, 0.05) is 19.0 Å². The minimum atomic E-state index is 0.00845. The fraction of sp³-hybridized carbons (Fsp3) is 0.316. The van der Waals surface area contributed by atoms with Gasteiger partial charge in [0.05, 0.1) is 5.02 Å². The predicted octanol–water partition coefficient (Wildman–Crippen LogP) is 3.66. The maximum Gasteiger partial charge on any atom is 0.220 e. The molecule has 0 radical (unpaired) electrons. The first kappa shape index (κ1) is 18.3. The Morgan fingerprint density at radius 3 is 2.54 bits per heavy atom. The van der Waals surface area contributed by atoms with Crippen LogP contribution in [0.1, 0.15) is 30.9 Å². The number of nitrogens with two attached hydrogens (primary N) is 1. The van der Waals surface area contributed by atoms with E-state index >= 15 is 0 Å². The molecular weight excluding hydrogens is 324 g/mol. The maximum absolute atomic E-state index is 11.8. The third-order valence-corrected chi connectivity index (χ3v) is 3.95. The molecule has 0 bridgehead atoms. The van der Waals surface area contributed by atoms with Gasteiger partial charge in [-0.1, -0.05) is 48.0 Å². The molecule has 0 spiro atoms. The quantitative estimate of drug-likeness (QED) is 0.766. The minimum Gasteiger partial charge on any atom is -0.487 e. The maximum atomic E-state index is 11.8. The van der Waals surface area contributed by atoms with E-state index in [9.17, 15) is 4.79 Å². The summed E-state index contributed by atoms with van der Waals surface area (Å²) in [5, 5.41) is 3.51. The van der Waals surface area contributed by atoms with Crippen molar-refractivity contribution in [2.24, 2.45) is 5.73 Å². The van der Waals surface area contributed by atoms with Crippen LogP contribution in [0.5, 0.6) is 5.75 Å². The summed E-state index contributed by atoms with van der Waals surface area (Å²) in [6.07, 6.45) is 1.12. The van der Waals surface area contributed by atoms with E-state index < -0.39 is 0 Å². The summed E-state index contributed by atoms with van der Waals surface area (Å²) in [5.41, 5.74) is 7.72. The highest BCUT2D eigenvalue weighted by Gasteiger charge is 2.07. The fourth-order valence-corrected chi connectivity index (χ4v) is 2.42. The molecule has 3 N–H and O–H groups in total. The first-order valence-corrected chi connectivity index (χ1v) is 8.40. The van der Waals surface area contributed by atoms with Gasteiger partial charge in [0.25, 0.3) is 0 Å². The molecule has 0 aliphatic rings. The van der Waals surface area contributed by atoms with E-state index in [4.69, 9.17) is 22.1 Å². The average molecular weight is 347 g/mol. The summed E-state index contributed by atoms with van der Waals surface area (Å²) >= 11 is 6.10. The summed E-state index contributed by atoms with van der Waals surface area (Å²) in [7, 11) is 0. The lowest BCUT2D eigenvalue weighted by Gasteiger charge is -2.13. The molecule has 0 fully saturated rings. The Kier molecular flexibility index (Phi) is 7.09. The molecule has 2 rings (SSSR count). The Bertz CT molecular complexity index is 674. The molecule has 0 saturated heterocycles. The van der Waals surface area contributed by atoms with E-state index in [0.717, 1.165) is 11.1 Å². The van der Waals surface area contributed by atoms with E-state index in [-0.39, 0.29) is 11.9 Å². The molecule has 2 aromatic rings. The summed E-state index contributed by atoms with van der Waals surface area (Å²) in [5.74, 6) is 0.657. The second-order valence-electron chi connectivity index (χ2n) is 5.78. The standard InChI is InChI=1S/C19H23ClN2O2/c1-14(21)10-11-19(23)22-12-15-6-2-3-7-16(15)13-24-18-9-5-4-8-17(18)20/h2-9,14H,10-13,21H2,1H3,(H,22,23). The molecule has 1 unspecified atom stereocenters. The summed E-state index contributed by atoms with van der Waals surface area (Å²) in [4.78, 5) is 11.8. The van der Waals surface area contributed by atoms with Crippen LogP contribution in [-0.2, 0) is 17.9 Å². The zero-order chi connectivity index (χ0) is 17.4. The van der Waals surface area contributed by atoms with Gasteiger partial charge in [0.1, 0.15) is 12.4 Å². The number of benzene rings is 2. The Hall–Kier alpha value is -2.04. The summed E-state index contributed by atoms with van der Waals surface area (Å²) < 4.78 is 5.79. The third-order valence-electron chi connectivity index (χ3n) is 3.64. The van der Waals surface area contributed by atoms with E-state index in [2.05, 4.69) is 5.32 Å². The molecule has 0 heterocycles. The van der Waals surface area contributed by atoms with Gasteiger partial charge in [-0.2, -0.15) is 0 Å². The molecule has 5 heteroatoms. The van der Waals surface area contributed by atoms with Gasteiger partial charge in [-0.25, -0.2) is 0 Å². The number of hydrogen-bond acceptors (Lipinski definition) is 3. The molecule has 128 valence electrons. The van der Waals surface area contributed by atoms with Gasteiger partial charge in [-0.3, -0.25) is 4.79 Å². The van der Waals surface area contributed by atoms with Crippen molar-refractivity contribution in [2.45, 2.75) is 39.0 Å². The Morgan fingerprint density at radius 1 is 1.17 bits per heavy atom. The average Bonchev–Trinajstić information content (AvgIpc) is 2.58. The number of hydrogen-bond donors (Lipinski definition) is 2. The van der Waals surface area contributed by atoms with E-state index in [0.29, 0.717) is 36.8 Å². The van der Waals surface area contributed by atoms with Crippen LogP contribution in [0.3, 0.4) is 0 Å². The summed E-state index contributed by atoms with van der Waals surface area (Å²) in [6, 6.07) is 15.3. The Morgan fingerprint density at radius 2 is 1.83 bits per heavy atom. The lowest BCUT2D eigenvalue weighted by atomic mass is 10.1. The van der Waals surface area contributed by atoms with Gasteiger partial charge in [0.15, 0.2) is 0 Å².